The molecule has 0 bridgehead atoms. The van der Waals surface area contributed by atoms with Gasteiger partial charge in [0.2, 0.25) is 5.91 Å². The summed E-state index contributed by atoms with van der Waals surface area (Å²) >= 11 is 0. The number of hydrogen-bond donors (Lipinski definition) is 1. The number of carbonyl (C=O) groups excluding carboxylic acids is 3. The highest BCUT2D eigenvalue weighted by Crippen LogP contribution is 2.25. The number of hydrazone groups is 1. The molecule has 1 heterocycles. The van der Waals surface area contributed by atoms with Crippen LogP contribution in [0.4, 0.5) is 10.1 Å². The quantitative estimate of drug-likeness (QED) is 0.602. The highest BCUT2D eigenvalue weighted by atomic mass is 19.1. The average molecular weight is 394 g/mol. The molecule has 0 spiro atoms. The van der Waals surface area contributed by atoms with E-state index in [1.54, 1.807) is 6.92 Å². The number of methoxy groups -OCH3 is 1. The van der Waals surface area contributed by atoms with Gasteiger partial charge in [-0.05, 0) is 31.2 Å². The third kappa shape index (κ3) is 5.26. The summed E-state index contributed by atoms with van der Waals surface area (Å²) in [4.78, 5) is 37.8. The molecule has 1 unspecified atom stereocenters. The lowest BCUT2D eigenvalue weighted by atomic mass is 10.1. The molecular weight excluding hydrogens is 371 g/mol. The Hall–Kier alpha value is -3.01. The maximum atomic E-state index is 13.2. The molecule has 152 valence electrons. The SMILES string of the molecule is CCOC(=O)CN(CCOC)C(=O)C1=NN(c2ccc(F)cc2)C(C(N)=O)C1. The molecule has 2 rings (SSSR count). The number of benzene rings is 1. The molecule has 0 saturated heterocycles. The number of carbonyl (C=O) groups is 3. The Morgan fingerprint density at radius 3 is 2.57 bits per heavy atom. The summed E-state index contributed by atoms with van der Waals surface area (Å²) in [5, 5.41) is 5.50. The number of halogens is 1. The van der Waals surface area contributed by atoms with E-state index >= 15 is 0 Å². The number of ether oxygens (including phenoxy) is 2. The maximum absolute atomic E-state index is 13.2. The van der Waals surface area contributed by atoms with Gasteiger partial charge < -0.3 is 20.1 Å². The van der Waals surface area contributed by atoms with Crippen LogP contribution in [-0.2, 0) is 23.9 Å². The molecule has 28 heavy (non-hydrogen) atoms. The molecule has 1 aliphatic heterocycles. The van der Waals surface area contributed by atoms with E-state index in [0.717, 1.165) is 0 Å². The molecule has 1 aromatic rings. The van der Waals surface area contributed by atoms with Gasteiger partial charge in [0, 0.05) is 20.1 Å². The van der Waals surface area contributed by atoms with Gasteiger partial charge in [-0.1, -0.05) is 0 Å². The Morgan fingerprint density at radius 2 is 2.00 bits per heavy atom. The van der Waals surface area contributed by atoms with Crippen LogP contribution in [0.25, 0.3) is 0 Å². The van der Waals surface area contributed by atoms with Crippen molar-refractivity contribution in [2.75, 3.05) is 38.4 Å². The summed E-state index contributed by atoms with van der Waals surface area (Å²) in [5.41, 5.74) is 5.93. The standard InChI is InChI=1S/C18H23FN4O5/c1-3-28-16(24)11-22(8-9-27-2)18(26)14-10-15(17(20)25)23(21-14)13-6-4-12(19)5-7-13/h4-7,15H,3,8-11H2,1-2H3,(H2,20,25). The van der Waals surface area contributed by atoms with Gasteiger partial charge in [0.1, 0.15) is 24.1 Å². The predicted octanol–water partition coefficient (Wildman–Crippen LogP) is 0.284. The molecule has 1 aromatic carbocycles. The fourth-order valence-corrected chi connectivity index (χ4v) is 2.69. The van der Waals surface area contributed by atoms with Crippen molar-refractivity contribution < 1.29 is 28.2 Å². The second kappa shape index (κ2) is 9.79. The highest BCUT2D eigenvalue weighted by molar-refractivity contribution is 6.40. The molecule has 1 atom stereocenters. The van der Waals surface area contributed by atoms with Crippen molar-refractivity contribution in [1.29, 1.82) is 0 Å². The van der Waals surface area contributed by atoms with Gasteiger partial charge in [-0.15, -0.1) is 0 Å². The predicted molar refractivity (Wildman–Crippen MR) is 99.0 cm³/mol. The number of amides is 2. The summed E-state index contributed by atoms with van der Waals surface area (Å²) in [7, 11) is 1.47. The van der Waals surface area contributed by atoms with Crippen LogP contribution in [0.5, 0.6) is 0 Å². The monoisotopic (exact) mass is 394 g/mol. The van der Waals surface area contributed by atoms with E-state index in [-0.39, 0.29) is 38.4 Å². The van der Waals surface area contributed by atoms with Gasteiger partial charge in [-0.25, -0.2) is 4.39 Å². The van der Waals surface area contributed by atoms with Crippen LogP contribution in [0, 0.1) is 5.82 Å². The number of esters is 1. The second-order valence-corrected chi connectivity index (χ2v) is 6.01. The molecule has 10 heteroatoms. The molecule has 2 N–H and O–H groups in total. The van der Waals surface area contributed by atoms with E-state index in [9.17, 15) is 18.8 Å². The van der Waals surface area contributed by atoms with Crippen molar-refractivity contribution in [1.82, 2.24) is 4.90 Å². The topological polar surface area (TPSA) is 115 Å². The summed E-state index contributed by atoms with van der Waals surface area (Å²) in [6.45, 7) is 1.93. The minimum absolute atomic E-state index is 0.0299. The Balaban J connectivity index is 2.25. The number of hydrogen-bond acceptors (Lipinski definition) is 7. The molecule has 9 nitrogen and oxygen atoms in total. The van der Waals surface area contributed by atoms with Crippen molar-refractivity contribution in [3.63, 3.8) is 0 Å². The van der Waals surface area contributed by atoms with Crippen molar-refractivity contribution in [3.8, 4) is 0 Å². The summed E-state index contributed by atoms with van der Waals surface area (Å²) in [6.07, 6.45) is -0.0299. The van der Waals surface area contributed by atoms with E-state index in [4.69, 9.17) is 15.2 Å². The van der Waals surface area contributed by atoms with Crippen LogP contribution >= 0.6 is 0 Å². The van der Waals surface area contributed by atoms with Crippen LogP contribution in [0.2, 0.25) is 0 Å². The zero-order chi connectivity index (χ0) is 20.7. The number of primary amides is 1. The van der Waals surface area contributed by atoms with E-state index in [2.05, 4.69) is 5.10 Å². The second-order valence-electron chi connectivity index (χ2n) is 6.01. The van der Waals surface area contributed by atoms with Crippen LogP contribution in [0.1, 0.15) is 13.3 Å². The van der Waals surface area contributed by atoms with Crippen LogP contribution in [0.15, 0.2) is 29.4 Å². The molecule has 0 radical (unpaired) electrons. The number of nitrogens with two attached hydrogens (primary N) is 1. The number of nitrogens with zero attached hydrogens (tertiary/aromatic N) is 3. The molecule has 0 aliphatic carbocycles. The van der Waals surface area contributed by atoms with Crippen molar-refractivity contribution in [2.45, 2.75) is 19.4 Å². The molecule has 0 saturated carbocycles. The first-order chi connectivity index (χ1) is 13.4. The Morgan fingerprint density at radius 1 is 1.32 bits per heavy atom. The third-order valence-electron chi connectivity index (χ3n) is 4.05. The first-order valence-corrected chi connectivity index (χ1v) is 8.72. The van der Waals surface area contributed by atoms with Gasteiger partial charge in [0.25, 0.3) is 5.91 Å². The lowest BCUT2D eigenvalue weighted by molar-refractivity contribution is -0.147. The molecule has 0 aromatic heterocycles. The van der Waals surface area contributed by atoms with Crippen molar-refractivity contribution in [2.24, 2.45) is 10.8 Å². The fraction of sp³-hybridized carbons (Fsp3) is 0.444. The normalized spacial score (nSPS) is 15.9. The van der Waals surface area contributed by atoms with Crippen molar-refractivity contribution in [3.05, 3.63) is 30.1 Å². The maximum Gasteiger partial charge on any atom is 0.325 e. The minimum Gasteiger partial charge on any atom is -0.465 e. The zero-order valence-corrected chi connectivity index (χ0v) is 15.8. The van der Waals surface area contributed by atoms with E-state index in [0.29, 0.717) is 5.69 Å². The minimum atomic E-state index is -0.892. The van der Waals surface area contributed by atoms with Crippen LogP contribution < -0.4 is 10.7 Å². The molecule has 0 fully saturated rings. The van der Waals surface area contributed by atoms with Gasteiger partial charge >= 0.3 is 5.97 Å². The Labute approximate surface area is 161 Å². The molecular formula is C18H23FN4O5. The van der Waals surface area contributed by atoms with Gasteiger partial charge in [-0.3, -0.25) is 19.4 Å². The molecule has 1 aliphatic rings. The summed E-state index contributed by atoms with van der Waals surface area (Å²) in [6, 6.07) is 4.41. The number of rotatable bonds is 9. The lowest BCUT2D eigenvalue weighted by Crippen LogP contribution is -2.43. The summed E-state index contributed by atoms with van der Waals surface area (Å²) < 4.78 is 23.1. The highest BCUT2D eigenvalue weighted by Gasteiger charge is 2.37. The molecule has 2 amide bonds. The fourth-order valence-electron chi connectivity index (χ4n) is 2.69. The smallest absolute Gasteiger partial charge is 0.325 e. The largest absolute Gasteiger partial charge is 0.465 e. The van der Waals surface area contributed by atoms with E-state index in [1.165, 1.54) is 41.3 Å². The third-order valence-corrected chi connectivity index (χ3v) is 4.05. The lowest BCUT2D eigenvalue weighted by Gasteiger charge is -2.21. The van der Waals surface area contributed by atoms with E-state index in [1.807, 2.05) is 0 Å². The van der Waals surface area contributed by atoms with E-state index < -0.39 is 29.6 Å². The first kappa shape index (κ1) is 21.3. The van der Waals surface area contributed by atoms with Crippen LogP contribution in [-0.4, -0.2) is 67.9 Å². The Kier molecular flexibility index (Phi) is 7.44. The Bertz CT molecular complexity index is 753. The first-order valence-electron chi connectivity index (χ1n) is 8.72. The zero-order valence-electron chi connectivity index (χ0n) is 15.8. The van der Waals surface area contributed by atoms with Crippen molar-refractivity contribution >= 4 is 29.2 Å². The number of anilines is 1. The summed E-state index contributed by atoms with van der Waals surface area (Å²) in [5.74, 6) is -2.21. The van der Waals surface area contributed by atoms with Gasteiger partial charge in [0.05, 0.1) is 18.9 Å². The van der Waals surface area contributed by atoms with Gasteiger partial charge in [-0.2, -0.15) is 5.10 Å². The van der Waals surface area contributed by atoms with Crippen LogP contribution in [0.3, 0.4) is 0 Å². The average Bonchev–Trinajstić information content (AvgIpc) is 3.11. The van der Waals surface area contributed by atoms with Gasteiger partial charge in [0.15, 0.2) is 0 Å².